The van der Waals surface area contributed by atoms with E-state index in [0.717, 1.165) is 0 Å². The molecule has 0 aliphatic rings. The summed E-state index contributed by atoms with van der Waals surface area (Å²) in [6.45, 7) is 0. The van der Waals surface area contributed by atoms with Crippen molar-refractivity contribution in [3.05, 3.63) is 30.3 Å². The van der Waals surface area contributed by atoms with Crippen molar-refractivity contribution in [1.29, 1.82) is 0 Å². The maximum atomic E-state index is 9.85. The van der Waals surface area contributed by atoms with Crippen LogP contribution in [0.4, 0.5) is 0 Å². The minimum Gasteiger partial charge on any atom is -0.408 e. The lowest BCUT2D eigenvalue weighted by Crippen LogP contribution is -1.70. The van der Waals surface area contributed by atoms with E-state index in [1.807, 2.05) is 18.2 Å². The monoisotopic (exact) mass is 176 g/mol. The Hall–Kier alpha value is -0.590. The van der Waals surface area contributed by atoms with Gasteiger partial charge in [0.1, 0.15) is 5.75 Å². The van der Waals surface area contributed by atoms with Crippen LogP contribution in [0.1, 0.15) is 0 Å². The van der Waals surface area contributed by atoms with Crippen molar-refractivity contribution in [2.45, 2.75) is 0 Å². The Morgan fingerprint density at radius 3 is 2.30 bits per heavy atom. The summed E-state index contributed by atoms with van der Waals surface area (Å²) in [5.74, 6) is 0.620. The minimum absolute atomic E-state index is 0. The lowest BCUT2D eigenvalue weighted by Gasteiger charge is -1.90. The molecule has 4 heteroatoms. The van der Waals surface area contributed by atoms with Crippen LogP contribution in [0, 0.1) is 0 Å². The van der Waals surface area contributed by atoms with Gasteiger partial charge in [-0.3, -0.25) is 0 Å². The number of hydrogen-bond donors (Lipinski definition) is 0. The fraction of sp³-hybridized carbons (Fsp3) is 0. The van der Waals surface area contributed by atoms with Crippen molar-refractivity contribution in [2.75, 3.05) is 0 Å². The summed E-state index contributed by atoms with van der Waals surface area (Å²) in [4.78, 5) is 0. The van der Waals surface area contributed by atoms with Crippen LogP contribution in [0.15, 0.2) is 30.3 Å². The average molecular weight is 177 g/mol. The molecule has 1 rings (SSSR count). The third-order valence-electron chi connectivity index (χ3n) is 0.886. The van der Waals surface area contributed by atoms with Crippen LogP contribution >= 0.6 is 21.1 Å². The van der Waals surface area contributed by atoms with Gasteiger partial charge in [-0.15, -0.1) is 12.4 Å². The molecule has 54 valence electrons. The Bertz CT molecular complexity index is 190. The van der Waals surface area contributed by atoms with E-state index in [0.29, 0.717) is 5.75 Å². The highest BCUT2D eigenvalue weighted by Crippen LogP contribution is 2.12. The van der Waals surface area contributed by atoms with E-state index in [9.17, 15) is 4.57 Å². The Morgan fingerprint density at radius 1 is 1.20 bits per heavy atom. The number of rotatable bonds is 2. The van der Waals surface area contributed by atoms with Crippen molar-refractivity contribution >= 4 is 21.1 Å². The molecule has 0 saturated carbocycles. The van der Waals surface area contributed by atoms with E-state index >= 15 is 0 Å². The zero-order chi connectivity index (χ0) is 6.53. The van der Waals surface area contributed by atoms with Gasteiger partial charge in [0.15, 0.2) is 0 Å². The lowest BCUT2D eigenvalue weighted by molar-refractivity contribution is 0.525. The quantitative estimate of drug-likeness (QED) is 0.648. The van der Waals surface area contributed by atoms with Gasteiger partial charge in [0, 0.05) is 0 Å². The molecule has 0 aliphatic carbocycles. The standard InChI is InChI=1S/C6H5O2P.ClH/c7-9-8-6-4-2-1-3-5-6;/h1-5H;1H. The first kappa shape index (κ1) is 9.41. The highest BCUT2D eigenvalue weighted by atomic mass is 35.5. The second kappa shape index (κ2) is 5.21. The largest absolute Gasteiger partial charge is 0.408 e. The van der Waals surface area contributed by atoms with Gasteiger partial charge >= 0.3 is 8.69 Å². The Morgan fingerprint density at radius 2 is 1.80 bits per heavy atom. The molecule has 1 aromatic rings. The first-order valence-corrected chi connectivity index (χ1v) is 3.21. The molecular formula is C6H6ClO2P. The normalized spacial score (nSPS) is 8.40. The predicted octanol–water partition coefficient (Wildman–Crippen LogP) is 2.69. The fourth-order valence-corrected chi connectivity index (χ4v) is 0.732. The Kier molecular flexibility index (Phi) is 4.91. The van der Waals surface area contributed by atoms with Gasteiger partial charge < -0.3 is 4.52 Å². The molecule has 0 spiro atoms. The second-order valence-electron chi connectivity index (χ2n) is 1.48. The predicted molar refractivity (Wildman–Crippen MR) is 41.9 cm³/mol. The van der Waals surface area contributed by atoms with Gasteiger partial charge in [-0.2, -0.15) is 0 Å². The number of para-hydroxylation sites is 1. The third-order valence-corrected chi connectivity index (χ3v) is 1.17. The van der Waals surface area contributed by atoms with Crippen LogP contribution in [-0.2, 0) is 4.57 Å². The van der Waals surface area contributed by atoms with Crippen LogP contribution in [0.5, 0.6) is 5.75 Å². The maximum Gasteiger partial charge on any atom is 0.395 e. The zero-order valence-electron chi connectivity index (χ0n) is 5.06. The zero-order valence-corrected chi connectivity index (χ0v) is 6.77. The van der Waals surface area contributed by atoms with Crippen molar-refractivity contribution in [1.82, 2.24) is 0 Å². The summed E-state index contributed by atoms with van der Waals surface area (Å²) in [5, 5.41) is 0. The molecule has 0 saturated heterocycles. The molecule has 0 aromatic heterocycles. The van der Waals surface area contributed by atoms with Gasteiger partial charge in [0.25, 0.3) is 0 Å². The summed E-state index contributed by atoms with van der Waals surface area (Å²) in [6, 6.07) is 8.99. The molecule has 0 amide bonds. The molecule has 0 bridgehead atoms. The van der Waals surface area contributed by atoms with Crippen LogP contribution in [-0.4, -0.2) is 0 Å². The highest BCUT2D eigenvalue weighted by Gasteiger charge is 1.85. The smallest absolute Gasteiger partial charge is 0.395 e. The van der Waals surface area contributed by atoms with Crippen molar-refractivity contribution < 1.29 is 9.09 Å². The SMILES string of the molecule is Cl.O=POc1ccccc1. The van der Waals surface area contributed by atoms with Crippen LogP contribution in [0.2, 0.25) is 0 Å². The summed E-state index contributed by atoms with van der Waals surface area (Å²) in [7, 11) is -0.305. The summed E-state index contributed by atoms with van der Waals surface area (Å²) in [6.07, 6.45) is 0. The molecular weight excluding hydrogens is 170 g/mol. The Labute approximate surface area is 66.9 Å². The summed E-state index contributed by atoms with van der Waals surface area (Å²) >= 11 is 0. The van der Waals surface area contributed by atoms with Gasteiger partial charge in [-0.25, -0.2) is 4.57 Å². The molecule has 0 aliphatic heterocycles. The second-order valence-corrected chi connectivity index (χ2v) is 1.81. The highest BCUT2D eigenvalue weighted by molar-refractivity contribution is 7.17. The molecule has 0 unspecified atom stereocenters. The van der Waals surface area contributed by atoms with Gasteiger partial charge in [-0.05, 0) is 12.1 Å². The maximum absolute atomic E-state index is 9.85. The molecule has 0 atom stereocenters. The van der Waals surface area contributed by atoms with Crippen molar-refractivity contribution in [3.8, 4) is 5.75 Å². The molecule has 0 heterocycles. The Balaban J connectivity index is 0.000000810. The molecule has 1 aromatic carbocycles. The van der Waals surface area contributed by atoms with Crippen LogP contribution in [0.25, 0.3) is 0 Å². The van der Waals surface area contributed by atoms with Crippen LogP contribution in [0.3, 0.4) is 0 Å². The van der Waals surface area contributed by atoms with E-state index in [4.69, 9.17) is 0 Å². The van der Waals surface area contributed by atoms with E-state index in [1.165, 1.54) is 0 Å². The van der Waals surface area contributed by atoms with Crippen molar-refractivity contribution in [2.24, 2.45) is 0 Å². The number of halogens is 1. The molecule has 2 nitrogen and oxygen atoms in total. The van der Waals surface area contributed by atoms with Gasteiger partial charge in [0.05, 0.1) is 0 Å². The lowest BCUT2D eigenvalue weighted by atomic mass is 10.3. The molecule has 10 heavy (non-hydrogen) atoms. The van der Waals surface area contributed by atoms with E-state index in [-0.39, 0.29) is 21.1 Å². The first-order chi connectivity index (χ1) is 4.43. The van der Waals surface area contributed by atoms with E-state index < -0.39 is 0 Å². The van der Waals surface area contributed by atoms with Crippen molar-refractivity contribution in [3.63, 3.8) is 0 Å². The topological polar surface area (TPSA) is 26.3 Å². The van der Waals surface area contributed by atoms with Gasteiger partial charge in [-0.1, -0.05) is 18.2 Å². The minimum atomic E-state index is -0.305. The van der Waals surface area contributed by atoms with Crippen LogP contribution < -0.4 is 4.52 Å². The fourth-order valence-electron chi connectivity index (χ4n) is 0.524. The molecule has 0 N–H and O–H groups in total. The van der Waals surface area contributed by atoms with E-state index in [2.05, 4.69) is 4.52 Å². The first-order valence-electron chi connectivity index (χ1n) is 2.48. The molecule has 0 radical (unpaired) electrons. The third kappa shape index (κ3) is 2.81. The summed E-state index contributed by atoms with van der Waals surface area (Å²) < 4.78 is 14.5. The van der Waals surface area contributed by atoms with E-state index in [1.54, 1.807) is 12.1 Å². The average Bonchev–Trinajstić information content (AvgIpc) is 1.91. The summed E-state index contributed by atoms with van der Waals surface area (Å²) in [5.41, 5.74) is 0. The van der Waals surface area contributed by atoms with Gasteiger partial charge in [0.2, 0.25) is 0 Å². The number of benzene rings is 1. The number of hydrogen-bond acceptors (Lipinski definition) is 2. The molecule has 0 fully saturated rings.